The molecule has 3 rings (SSSR count). The summed E-state index contributed by atoms with van der Waals surface area (Å²) < 4.78 is 37.6. The number of nitrogens with one attached hydrogen (secondary N) is 1. The zero-order valence-corrected chi connectivity index (χ0v) is 14.1. The summed E-state index contributed by atoms with van der Waals surface area (Å²) in [7, 11) is 0. The molecule has 1 aromatic heterocycles. The van der Waals surface area contributed by atoms with Gasteiger partial charge in [-0.2, -0.15) is 18.2 Å². The van der Waals surface area contributed by atoms with Gasteiger partial charge < -0.3 is 19.7 Å². The largest absolute Gasteiger partial charge is 0.490 e. The van der Waals surface area contributed by atoms with Crippen LogP contribution in [0.5, 0.6) is 0 Å². The molecule has 2 N–H and O–H groups in total. The smallest absolute Gasteiger partial charge is 0.475 e. The molecule has 0 radical (unpaired) electrons. The van der Waals surface area contributed by atoms with E-state index in [2.05, 4.69) is 22.1 Å². The first-order chi connectivity index (χ1) is 11.7. The van der Waals surface area contributed by atoms with Gasteiger partial charge in [0, 0.05) is 24.2 Å². The van der Waals surface area contributed by atoms with Crippen molar-refractivity contribution >= 4 is 34.7 Å². The average molecular weight is 380 g/mol. The minimum Gasteiger partial charge on any atom is -0.475 e. The number of carboxylic acids is 1. The monoisotopic (exact) mass is 379 g/mol. The lowest BCUT2D eigenvalue weighted by Gasteiger charge is -2.24. The fraction of sp³-hybridized carbons (Fsp3) is 0.467. The summed E-state index contributed by atoms with van der Waals surface area (Å²) in [6.07, 6.45) is -3.99. The summed E-state index contributed by atoms with van der Waals surface area (Å²) >= 11 is 5.96. The highest BCUT2D eigenvalue weighted by Gasteiger charge is 2.38. The van der Waals surface area contributed by atoms with E-state index in [1.165, 1.54) is 0 Å². The molecule has 6 nitrogen and oxygen atoms in total. The molecule has 1 fully saturated rings. The van der Waals surface area contributed by atoms with Gasteiger partial charge in [0.15, 0.2) is 5.58 Å². The number of benzene rings is 1. The van der Waals surface area contributed by atoms with Crippen LogP contribution in [0.25, 0.3) is 11.1 Å². The number of halogens is 4. The zero-order chi connectivity index (χ0) is 18.6. The molecule has 0 aliphatic carbocycles. The van der Waals surface area contributed by atoms with E-state index in [1.807, 2.05) is 18.2 Å². The highest BCUT2D eigenvalue weighted by Crippen LogP contribution is 2.26. The third kappa shape index (κ3) is 5.23. The Labute approximate surface area is 146 Å². The number of hydrogen-bond donors (Lipinski definition) is 2. The fourth-order valence-electron chi connectivity index (χ4n) is 2.31. The Kier molecular flexibility index (Phi) is 6.12. The molecule has 0 saturated carbocycles. The van der Waals surface area contributed by atoms with Crippen molar-refractivity contribution in [2.75, 3.05) is 24.5 Å². The van der Waals surface area contributed by atoms with Gasteiger partial charge >= 0.3 is 12.1 Å². The Morgan fingerprint density at radius 1 is 1.44 bits per heavy atom. The number of nitrogens with zero attached hydrogens (tertiary/aromatic N) is 2. The predicted molar refractivity (Wildman–Crippen MR) is 87.0 cm³/mol. The average Bonchev–Trinajstić information content (AvgIpc) is 2.80. The summed E-state index contributed by atoms with van der Waals surface area (Å²) in [5.74, 6) is -2.76. The van der Waals surface area contributed by atoms with Gasteiger partial charge in [-0.05, 0) is 38.1 Å². The van der Waals surface area contributed by atoms with Crippen LogP contribution in [0.4, 0.5) is 19.2 Å². The van der Waals surface area contributed by atoms with E-state index in [1.54, 1.807) is 0 Å². The maximum absolute atomic E-state index is 10.6. The molecule has 1 saturated heterocycles. The molecule has 1 aliphatic rings. The summed E-state index contributed by atoms with van der Waals surface area (Å²) in [6, 6.07) is 6.67. The number of fused-ring (bicyclic) bond motifs is 1. The van der Waals surface area contributed by atoms with Crippen LogP contribution < -0.4 is 10.2 Å². The zero-order valence-electron chi connectivity index (χ0n) is 13.3. The van der Waals surface area contributed by atoms with Gasteiger partial charge in [0.05, 0.1) is 0 Å². The molecule has 2 heterocycles. The molecule has 10 heteroatoms. The number of carbonyl (C=O) groups is 1. The standard InChI is InChI=1S/C13H16ClN3O.C2HF3O2/c1-9-4-5-15-6-7-17(9)13-16-11-8-10(14)2-3-12(11)18-13;3-2(4,5)1(6)7/h2-3,8-9,15H,4-7H2,1H3;(H,6,7)/t9-;/m1./s1. The normalized spacial score (nSPS) is 18.4. The number of aromatic nitrogens is 1. The van der Waals surface area contributed by atoms with Gasteiger partial charge in [-0.3, -0.25) is 0 Å². The van der Waals surface area contributed by atoms with Gasteiger partial charge in [0.25, 0.3) is 6.01 Å². The predicted octanol–water partition coefficient (Wildman–Crippen LogP) is 3.30. The molecule has 1 aliphatic heterocycles. The highest BCUT2D eigenvalue weighted by atomic mass is 35.5. The molecular weight excluding hydrogens is 363 g/mol. The number of aliphatic carboxylic acids is 1. The summed E-state index contributed by atoms with van der Waals surface area (Å²) in [6.45, 7) is 5.13. The topological polar surface area (TPSA) is 78.6 Å². The van der Waals surface area contributed by atoms with E-state index in [4.69, 9.17) is 25.9 Å². The molecule has 0 spiro atoms. The first-order valence-corrected chi connectivity index (χ1v) is 7.90. The third-order valence-electron chi connectivity index (χ3n) is 3.63. The van der Waals surface area contributed by atoms with E-state index >= 15 is 0 Å². The van der Waals surface area contributed by atoms with Crippen LogP contribution >= 0.6 is 11.6 Å². The van der Waals surface area contributed by atoms with Crippen molar-refractivity contribution in [2.24, 2.45) is 0 Å². The first kappa shape index (κ1) is 19.3. The Morgan fingerprint density at radius 3 is 2.76 bits per heavy atom. The second kappa shape index (κ2) is 7.92. The second-order valence-corrected chi connectivity index (χ2v) is 5.93. The van der Waals surface area contributed by atoms with Crippen LogP contribution in [0, 0.1) is 0 Å². The second-order valence-electron chi connectivity index (χ2n) is 5.49. The van der Waals surface area contributed by atoms with Crippen LogP contribution in [-0.2, 0) is 4.79 Å². The van der Waals surface area contributed by atoms with Crippen LogP contribution in [0.2, 0.25) is 5.02 Å². The number of carboxylic acid groups (broad SMARTS) is 1. The fourth-order valence-corrected chi connectivity index (χ4v) is 2.47. The van der Waals surface area contributed by atoms with Crippen molar-refractivity contribution in [2.45, 2.75) is 25.6 Å². The summed E-state index contributed by atoms with van der Waals surface area (Å²) in [5.41, 5.74) is 1.61. The maximum atomic E-state index is 10.6. The molecule has 0 bridgehead atoms. The quantitative estimate of drug-likeness (QED) is 0.791. The molecule has 1 atom stereocenters. The minimum absolute atomic E-state index is 0.434. The van der Waals surface area contributed by atoms with E-state index in [-0.39, 0.29) is 0 Å². The van der Waals surface area contributed by atoms with Crippen LogP contribution in [0.15, 0.2) is 22.6 Å². The van der Waals surface area contributed by atoms with Crippen LogP contribution in [0.1, 0.15) is 13.3 Å². The van der Waals surface area contributed by atoms with Gasteiger partial charge in [-0.1, -0.05) is 11.6 Å². The van der Waals surface area contributed by atoms with Crippen molar-refractivity contribution in [1.82, 2.24) is 10.3 Å². The Hall–Kier alpha value is -2.00. The SMILES string of the molecule is C[C@@H]1CCNCCN1c1nc2cc(Cl)ccc2o1.O=C(O)C(F)(F)F. The Morgan fingerprint density at radius 2 is 2.12 bits per heavy atom. The van der Waals surface area contributed by atoms with Crippen LogP contribution in [-0.4, -0.2) is 47.9 Å². The molecular formula is C15H17ClF3N3O3. The number of anilines is 1. The van der Waals surface area contributed by atoms with Gasteiger partial charge in [-0.25, -0.2) is 4.79 Å². The van der Waals surface area contributed by atoms with Gasteiger partial charge in [0.1, 0.15) is 5.52 Å². The highest BCUT2D eigenvalue weighted by molar-refractivity contribution is 6.31. The van der Waals surface area contributed by atoms with E-state index < -0.39 is 12.1 Å². The first-order valence-electron chi connectivity index (χ1n) is 7.52. The number of alkyl halides is 3. The Bertz CT molecular complexity index is 736. The van der Waals surface area contributed by atoms with Crippen molar-refractivity contribution < 1.29 is 27.5 Å². The molecule has 2 aromatic rings. The Balaban J connectivity index is 0.000000277. The van der Waals surface area contributed by atoms with E-state index in [0.717, 1.165) is 37.2 Å². The lowest BCUT2D eigenvalue weighted by atomic mass is 10.2. The molecule has 0 unspecified atom stereocenters. The maximum Gasteiger partial charge on any atom is 0.490 e. The van der Waals surface area contributed by atoms with Crippen molar-refractivity contribution in [3.8, 4) is 0 Å². The van der Waals surface area contributed by atoms with Crippen molar-refractivity contribution in [1.29, 1.82) is 0 Å². The number of rotatable bonds is 1. The lowest BCUT2D eigenvalue weighted by Crippen LogP contribution is -2.34. The van der Waals surface area contributed by atoms with Crippen molar-refractivity contribution in [3.63, 3.8) is 0 Å². The summed E-state index contributed by atoms with van der Waals surface area (Å²) in [4.78, 5) is 15.6. The van der Waals surface area contributed by atoms with Gasteiger partial charge in [-0.15, -0.1) is 0 Å². The molecule has 138 valence electrons. The van der Waals surface area contributed by atoms with E-state index in [0.29, 0.717) is 17.1 Å². The minimum atomic E-state index is -5.08. The van der Waals surface area contributed by atoms with E-state index in [9.17, 15) is 13.2 Å². The molecule has 1 aromatic carbocycles. The molecule has 25 heavy (non-hydrogen) atoms. The van der Waals surface area contributed by atoms with Crippen molar-refractivity contribution in [3.05, 3.63) is 23.2 Å². The molecule has 0 amide bonds. The lowest BCUT2D eigenvalue weighted by molar-refractivity contribution is -0.192. The van der Waals surface area contributed by atoms with Crippen LogP contribution in [0.3, 0.4) is 0 Å². The number of oxazole rings is 1. The number of hydrogen-bond acceptors (Lipinski definition) is 5. The van der Waals surface area contributed by atoms with Gasteiger partial charge in [0.2, 0.25) is 0 Å². The third-order valence-corrected chi connectivity index (χ3v) is 3.86. The summed E-state index contributed by atoms with van der Waals surface area (Å²) in [5, 5.41) is 11.2.